The van der Waals surface area contributed by atoms with Crippen molar-refractivity contribution < 1.29 is 23.4 Å². The Morgan fingerprint density at radius 3 is 2.62 bits per heavy atom. The fraction of sp³-hybridized carbons (Fsp3) is 0.148. The quantitative estimate of drug-likeness (QED) is 0.487. The van der Waals surface area contributed by atoms with Crippen LogP contribution in [0.2, 0.25) is 5.02 Å². The lowest BCUT2D eigenvalue weighted by Gasteiger charge is -2.17. The second kappa shape index (κ2) is 7.96. The minimum Gasteiger partial charge on any atom is -0.494 e. The maximum atomic E-state index is 14.6. The Kier molecular flexibility index (Phi) is 4.89. The van der Waals surface area contributed by atoms with E-state index in [0.717, 1.165) is 33.6 Å². The molecular formula is C27H18ClFNO4+. The highest BCUT2D eigenvalue weighted by molar-refractivity contribution is 6.31. The summed E-state index contributed by atoms with van der Waals surface area (Å²) in [5, 5.41) is 2.98. The van der Waals surface area contributed by atoms with E-state index in [1.807, 2.05) is 24.3 Å². The smallest absolute Gasteiger partial charge is 0.299 e. The van der Waals surface area contributed by atoms with Crippen molar-refractivity contribution in [3.63, 3.8) is 0 Å². The van der Waals surface area contributed by atoms with Crippen molar-refractivity contribution in [2.24, 2.45) is 0 Å². The third-order valence-corrected chi connectivity index (χ3v) is 6.74. The number of rotatable bonds is 5. The van der Waals surface area contributed by atoms with Crippen LogP contribution in [0.3, 0.4) is 0 Å². The van der Waals surface area contributed by atoms with Gasteiger partial charge < -0.3 is 14.8 Å². The first kappa shape index (κ1) is 20.9. The SMILES string of the molecule is COc1ccc(Cl)c(CNC(=O)c2ccc3c(c2)C2OC3c3ccc(C4=CC=[C+]O4)cc32)c1F. The molecule has 3 aliphatic heterocycles. The molecule has 3 heterocycles. The van der Waals surface area contributed by atoms with Crippen LogP contribution in [0.25, 0.3) is 5.76 Å². The van der Waals surface area contributed by atoms with Gasteiger partial charge in [0.1, 0.15) is 18.3 Å². The fourth-order valence-corrected chi connectivity index (χ4v) is 4.92. The Morgan fingerprint density at radius 2 is 1.85 bits per heavy atom. The molecule has 0 aliphatic carbocycles. The number of halogens is 2. The van der Waals surface area contributed by atoms with Gasteiger partial charge in [-0.3, -0.25) is 9.53 Å². The molecule has 2 bridgehead atoms. The summed E-state index contributed by atoms with van der Waals surface area (Å²) in [6.07, 6.45) is 5.89. The van der Waals surface area contributed by atoms with Crippen LogP contribution in [0.4, 0.5) is 4.39 Å². The Labute approximate surface area is 200 Å². The zero-order valence-electron chi connectivity index (χ0n) is 18.0. The number of carbonyl (C=O) groups excluding carboxylic acids is 1. The molecule has 0 fully saturated rings. The molecule has 0 saturated heterocycles. The Morgan fingerprint density at radius 1 is 1.09 bits per heavy atom. The highest BCUT2D eigenvalue weighted by Crippen LogP contribution is 2.54. The van der Waals surface area contributed by atoms with Crippen molar-refractivity contribution >= 4 is 23.3 Å². The lowest BCUT2D eigenvalue weighted by atomic mass is 9.84. The minimum atomic E-state index is -0.587. The van der Waals surface area contributed by atoms with Crippen LogP contribution in [-0.4, -0.2) is 13.0 Å². The highest BCUT2D eigenvalue weighted by Gasteiger charge is 2.43. The number of nitrogens with one attached hydrogen (secondary N) is 1. The first-order chi connectivity index (χ1) is 16.5. The molecule has 1 amide bonds. The van der Waals surface area contributed by atoms with E-state index >= 15 is 0 Å². The molecule has 0 saturated carbocycles. The summed E-state index contributed by atoms with van der Waals surface area (Å²) in [6.45, 7) is -0.0628. The molecule has 6 rings (SSSR count). The summed E-state index contributed by atoms with van der Waals surface area (Å²) in [5.41, 5.74) is 5.78. The van der Waals surface area contributed by atoms with Gasteiger partial charge in [0.25, 0.3) is 11.7 Å². The fourth-order valence-electron chi connectivity index (χ4n) is 4.70. The molecule has 0 radical (unpaired) electrons. The van der Waals surface area contributed by atoms with Crippen molar-refractivity contribution in [2.45, 2.75) is 18.8 Å². The largest absolute Gasteiger partial charge is 0.494 e. The van der Waals surface area contributed by atoms with E-state index in [2.05, 4.69) is 23.7 Å². The predicted octanol–water partition coefficient (Wildman–Crippen LogP) is 5.63. The van der Waals surface area contributed by atoms with Crippen molar-refractivity contribution in [2.75, 3.05) is 7.11 Å². The van der Waals surface area contributed by atoms with Crippen LogP contribution in [0.15, 0.2) is 60.7 Å². The Hall–Kier alpha value is -3.70. The molecule has 5 nitrogen and oxygen atoms in total. The average Bonchev–Trinajstić information content (AvgIpc) is 3.59. The van der Waals surface area contributed by atoms with Crippen LogP contribution in [0.5, 0.6) is 5.75 Å². The molecule has 3 aromatic carbocycles. The number of fused-ring (bicyclic) bond motifs is 8. The molecular weight excluding hydrogens is 457 g/mol. The molecule has 3 aromatic rings. The molecule has 2 unspecified atom stereocenters. The van der Waals surface area contributed by atoms with Gasteiger partial charge in [0, 0.05) is 22.7 Å². The van der Waals surface area contributed by atoms with E-state index in [4.69, 9.17) is 25.8 Å². The number of hydrogen-bond donors (Lipinski definition) is 1. The third kappa shape index (κ3) is 3.19. The van der Waals surface area contributed by atoms with Crippen LogP contribution < -0.4 is 10.1 Å². The average molecular weight is 475 g/mol. The summed E-state index contributed by atoms with van der Waals surface area (Å²) in [7, 11) is 1.38. The first-order valence-corrected chi connectivity index (χ1v) is 11.1. The summed E-state index contributed by atoms with van der Waals surface area (Å²) in [6, 6.07) is 14.7. The highest BCUT2D eigenvalue weighted by atomic mass is 35.5. The molecule has 1 N–H and O–H groups in total. The summed E-state index contributed by atoms with van der Waals surface area (Å²) in [4.78, 5) is 12.9. The van der Waals surface area contributed by atoms with Crippen molar-refractivity contribution in [3.05, 3.63) is 117 Å². The van der Waals surface area contributed by atoms with Crippen molar-refractivity contribution in [3.8, 4) is 5.75 Å². The van der Waals surface area contributed by atoms with Crippen LogP contribution in [-0.2, 0) is 16.0 Å². The van der Waals surface area contributed by atoms with Gasteiger partial charge in [0.2, 0.25) is 6.26 Å². The van der Waals surface area contributed by atoms with Crippen LogP contribution >= 0.6 is 11.6 Å². The Bertz CT molecular complexity index is 1410. The standard InChI is InChI=1S/C27H17ClFNO4/c1-32-23-9-8-21(28)20(24(23)29)13-30-27(31)15-5-7-17-19(12-15)26-18-11-14(22-3-2-10-33-22)4-6-16(18)25(17)34-26/h2-9,11-12,25-26H,13H2,1H3/p+1. The Balaban J connectivity index is 1.25. The molecule has 0 aromatic heterocycles. The monoisotopic (exact) mass is 474 g/mol. The van der Waals surface area contributed by atoms with E-state index < -0.39 is 5.82 Å². The van der Waals surface area contributed by atoms with Crippen molar-refractivity contribution in [1.82, 2.24) is 5.32 Å². The summed E-state index contributed by atoms with van der Waals surface area (Å²) < 4.78 is 31.2. The maximum absolute atomic E-state index is 14.6. The van der Waals surface area contributed by atoms with Gasteiger partial charge in [0.15, 0.2) is 17.6 Å². The van der Waals surface area contributed by atoms with E-state index in [1.54, 1.807) is 18.2 Å². The number of amides is 1. The van der Waals surface area contributed by atoms with Crippen molar-refractivity contribution in [1.29, 1.82) is 0 Å². The first-order valence-electron chi connectivity index (χ1n) is 10.7. The van der Waals surface area contributed by atoms with Gasteiger partial charge in [-0.05, 0) is 58.7 Å². The van der Waals surface area contributed by atoms with Gasteiger partial charge in [-0.15, -0.1) is 0 Å². The second-order valence-electron chi connectivity index (χ2n) is 8.23. The van der Waals surface area contributed by atoms with Gasteiger partial charge >= 0.3 is 0 Å². The zero-order valence-corrected chi connectivity index (χ0v) is 18.8. The van der Waals surface area contributed by atoms with E-state index in [-0.39, 0.29) is 41.0 Å². The number of carbonyl (C=O) groups is 1. The number of benzene rings is 3. The molecule has 34 heavy (non-hydrogen) atoms. The third-order valence-electron chi connectivity index (χ3n) is 6.39. The normalized spacial score (nSPS) is 18.6. The van der Waals surface area contributed by atoms with Gasteiger partial charge in [-0.25, -0.2) is 4.39 Å². The maximum Gasteiger partial charge on any atom is 0.299 e. The van der Waals surface area contributed by atoms with Gasteiger partial charge in [-0.2, -0.15) is 0 Å². The number of methoxy groups -OCH3 is 1. The predicted molar refractivity (Wildman–Crippen MR) is 124 cm³/mol. The van der Waals surface area contributed by atoms with Gasteiger partial charge in [-0.1, -0.05) is 23.7 Å². The topological polar surface area (TPSA) is 56.8 Å². The summed E-state index contributed by atoms with van der Waals surface area (Å²) in [5.74, 6) is -0.104. The summed E-state index contributed by atoms with van der Waals surface area (Å²) >= 11 is 6.13. The lowest BCUT2D eigenvalue weighted by Crippen LogP contribution is -2.24. The molecule has 168 valence electrons. The van der Waals surface area contributed by atoms with Crippen LogP contribution in [0, 0.1) is 12.1 Å². The minimum absolute atomic E-state index is 0.0628. The molecule has 2 atom stereocenters. The van der Waals surface area contributed by atoms with E-state index in [1.165, 1.54) is 13.2 Å². The number of hydrogen-bond acceptors (Lipinski definition) is 4. The van der Waals surface area contributed by atoms with E-state index in [9.17, 15) is 9.18 Å². The molecule has 0 spiro atoms. The zero-order chi connectivity index (χ0) is 23.4. The molecule has 7 heteroatoms. The molecule has 3 aliphatic rings. The van der Waals surface area contributed by atoms with E-state index in [0.29, 0.717) is 5.56 Å². The lowest BCUT2D eigenvalue weighted by molar-refractivity contribution is 0.0857. The second-order valence-corrected chi connectivity index (χ2v) is 8.63. The van der Waals surface area contributed by atoms with Crippen LogP contribution in [0.1, 0.15) is 55.9 Å². The number of ether oxygens (including phenoxy) is 3. The van der Waals surface area contributed by atoms with Gasteiger partial charge in [0.05, 0.1) is 12.7 Å². The number of allylic oxidation sites excluding steroid dienone is 2.